The van der Waals surface area contributed by atoms with Crippen molar-refractivity contribution in [3.63, 3.8) is 0 Å². The standard InChI is InChI=1S/C36H44N8O3/c1-4-47-32-23-25(34(45)43-17-15-26(16-18-43)42-21-19-40(2)20-22-42)13-14-29(32)38-36-37-24-31-33(39-36)44(27-9-5-6-10-27)30-12-8-7-11-28(30)35(46)41(31)3/h7-8,11-15,17,23-24,26-27H,4-6,9-10,16,18-22H2,1-3H3,(H,37,38,39)/t26-/m1/s1. The molecule has 47 heavy (non-hydrogen) atoms. The molecule has 11 heteroatoms. The Labute approximate surface area is 276 Å². The lowest BCUT2D eigenvalue weighted by atomic mass is 10.1. The minimum atomic E-state index is -0.0797. The van der Waals surface area contributed by atoms with Gasteiger partial charge >= 0.3 is 0 Å². The van der Waals surface area contributed by atoms with Gasteiger partial charge in [-0.25, -0.2) is 4.98 Å². The lowest BCUT2D eigenvalue weighted by Gasteiger charge is -2.39. The predicted molar refractivity (Wildman–Crippen MR) is 184 cm³/mol. The van der Waals surface area contributed by atoms with Crippen LogP contribution in [0.4, 0.5) is 28.8 Å². The molecule has 3 aliphatic heterocycles. The average Bonchev–Trinajstić information content (AvgIpc) is 3.61. The van der Waals surface area contributed by atoms with Crippen LogP contribution in [0.5, 0.6) is 5.75 Å². The number of amides is 2. The molecule has 1 aliphatic carbocycles. The summed E-state index contributed by atoms with van der Waals surface area (Å²) in [6.07, 6.45) is 11.1. The molecule has 0 spiro atoms. The third kappa shape index (κ3) is 6.17. The monoisotopic (exact) mass is 636 g/mol. The number of para-hydroxylation sites is 1. The molecule has 1 saturated carbocycles. The van der Waals surface area contributed by atoms with Crippen molar-refractivity contribution in [2.45, 2.75) is 51.1 Å². The van der Waals surface area contributed by atoms with Crippen LogP contribution >= 0.6 is 0 Å². The number of nitrogens with zero attached hydrogens (tertiary/aromatic N) is 7. The second kappa shape index (κ2) is 13.3. The molecular weight excluding hydrogens is 592 g/mol. The number of likely N-dealkylation sites (N-methyl/N-ethyl adjacent to an activating group) is 1. The molecule has 2 amide bonds. The summed E-state index contributed by atoms with van der Waals surface area (Å²) in [6.45, 7) is 7.30. The molecule has 3 aromatic rings. The van der Waals surface area contributed by atoms with Crippen LogP contribution in [0, 0.1) is 0 Å². The average molecular weight is 637 g/mol. The van der Waals surface area contributed by atoms with E-state index in [0.29, 0.717) is 59.2 Å². The second-order valence-electron chi connectivity index (χ2n) is 12.9. The van der Waals surface area contributed by atoms with Crippen LogP contribution in [-0.4, -0.2) is 102 Å². The van der Waals surface area contributed by atoms with E-state index < -0.39 is 0 Å². The summed E-state index contributed by atoms with van der Waals surface area (Å²) < 4.78 is 6.02. The fraction of sp³-hybridized carbons (Fsp3) is 0.444. The number of carbonyl (C=O) groups is 2. The molecule has 4 heterocycles. The van der Waals surface area contributed by atoms with E-state index in [0.717, 1.165) is 64.0 Å². The first-order valence-corrected chi connectivity index (χ1v) is 16.9. The lowest BCUT2D eigenvalue weighted by Crippen LogP contribution is -2.50. The van der Waals surface area contributed by atoms with Gasteiger partial charge in [0.15, 0.2) is 5.82 Å². The molecule has 2 aromatic carbocycles. The highest BCUT2D eigenvalue weighted by Gasteiger charge is 2.35. The van der Waals surface area contributed by atoms with Gasteiger partial charge < -0.3 is 29.7 Å². The fourth-order valence-corrected chi connectivity index (χ4v) is 7.23. The van der Waals surface area contributed by atoms with Gasteiger partial charge in [-0.15, -0.1) is 0 Å². The fourth-order valence-electron chi connectivity index (χ4n) is 7.23. The van der Waals surface area contributed by atoms with Crippen LogP contribution in [-0.2, 0) is 0 Å². The number of nitrogens with one attached hydrogen (secondary N) is 1. The minimum Gasteiger partial charge on any atom is -0.492 e. The molecule has 1 atom stereocenters. The highest BCUT2D eigenvalue weighted by molar-refractivity contribution is 6.13. The summed E-state index contributed by atoms with van der Waals surface area (Å²) in [6, 6.07) is 13.9. The number of aromatic nitrogens is 2. The van der Waals surface area contributed by atoms with Gasteiger partial charge in [0.2, 0.25) is 5.95 Å². The summed E-state index contributed by atoms with van der Waals surface area (Å²) in [7, 11) is 3.94. The molecule has 4 aliphatic rings. The Balaban J connectivity index is 1.14. The minimum absolute atomic E-state index is 0.0505. The van der Waals surface area contributed by atoms with Crippen molar-refractivity contribution in [3.05, 3.63) is 72.1 Å². The number of hydrogen-bond donors (Lipinski definition) is 1. The number of fused-ring (bicyclic) bond motifs is 2. The Kier molecular flexibility index (Phi) is 8.83. The van der Waals surface area contributed by atoms with Crippen molar-refractivity contribution < 1.29 is 14.3 Å². The van der Waals surface area contributed by atoms with Crippen molar-refractivity contribution in [2.24, 2.45) is 0 Å². The Bertz CT molecular complexity index is 1660. The van der Waals surface area contributed by atoms with Gasteiger partial charge in [-0.3, -0.25) is 14.5 Å². The van der Waals surface area contributed by atoms with E-state index in [1.165, 1.54) is 0 Å². The van der Waals surface area contributed by atoms with Gasteiger partial charge in [0.25, 0.3) is 11.8 Å². The largest absolute Gasteiger partial charge is 0.492 e. The van der Waals surface area contributed by atoms with E-state index in [9.17, 15) is 9.59 Å². The van der Waals surface area contributed by atoms with Crippen LogP contribution < -0.4 is 19.9 Å². The molecule has 1 saturated heterocycles. The van der Waals surface area contributed by atoms with Gasteiger partial charge in [0, 0.05) is 63.6 Å². The first-order chi connectivity index (χ1) is 22.9. The first kappa shape index (κ1) is 31.1. The molecule has 0 radical (unpaired) electrons. The van der Waals surface area contributed by atoms with E-state index >= 15 is 0 Å². The van der Waals surface area contributed by atoms with Crippen LogP contribution in [0.25, 0.3) is 0 Å². The number of rotatable bonds is 7. The first-order valence-electron chi connectivity index (χ1n) is 16.9. The molecule has 11 nitrogen and oxygen atoms in total. The van der Waals surface area contributed by atoms with Gasteiger partial charge in [0.1, 0.15) is 11.4 Å². The van der Waals surface area contributed by atoms with Crippen molar-refractivity contribution in [1.82, 2.24) is 24.7 Å². The Hall–Kier alpha value is -4.48. The summed E-state index contributed by atoms with van der Waals surface area (Å²) in [5, 5.41) is 3.35. The van der Waals surface area contributed by atoms with Gasteiger partial charge in [0.05, 0.1) is 29.7 Å². The Morgan fingerprint density at radius 2 is 1.77 bits per heavy atom. The maximum Gasteiger partial charge on any atom is 0.260 e. The van der Waals surface area contributed by atoms with E-state index in [2.05, 4.69) is 38.1 Å². The Morgan fingerprint density at radius 1 is 0.979 bits per heavy atom. The number of benzene rings is 2. The molecule has 0 bridgehead atoms. The van der Waals surface area contributed by atoms with E-state index in [1.54, 1.807) is 29.1 Å². The summed E-state index contributed by atoms with van der Waals surface area (Å²) in [5.41, 5.74) is 3.43. The molecular formula is C36H44N8O3. The molecule has 0 unspecified atom stereocenters. The quantitative estimate of drug-likeness (QED) is 0.372. The number of ether oxygens (including phenoxy) is 1. The topological polar surface area (TPSA) is 97.4 Å². The third-order valence-electron chi connectivity index (χ3n) is 9.92. The number of carbonyl (C=O) groups excluding carboxylic acids is 2. The lowest BCUT2D eigenvalue weighted by molar-refractivity contribution is 0.0771. The maximum atomic E-state index is 13.6. The van der Waals surface area contributed by atoms with E-state index in [-0.39, 0.29) is 17.9 Å². The zero-order valence-electron chi connectivity index (χ0n) is 27.6. The summed E-state index contributed by atoms with van der Waals surface area (Å²) in [5.74, 6) is 1.51. The zero-order valence-corrected chi connectivity index (χ0v) is 27.6. The predicted octanol–water partition coefficient (Wildman–Crippen LogP) is 5.27. The van der Waals surface area contributed by atoms with E-state index in [1.807, 2.05) is 49.5 Å². The Morgan fingerprint density at radius 3 is 2.51 bits per heavy atom. The maximum absolute atomic E-state index is 13.6. The molecule has 2 fully saturated rings. The second-order valence-corrected chi connectivity index (χ2v) is 12.9. The van der Waals surface area contributed by atoms with Crippen molar-refractivity contribution >= 4 is 40.6 Å². The molecule has 1 N–H and O–H groups in total. The van der Waals surface area contributed by atoms with Crippen LogP contribution in [0.3, 0.4) is 0 Å². The van der Waals surface area contributed by atoms with Crippen molar-refractivity contribution in [3.8, 4) is 5.75 Å². The molecule has 7 rings (SSSR count). The number of piperazine rings is 1. The van der Waals surface area contributed by atoms with Crippen LogP contribution in [0.2, 0.25) is 0 Å². The zero-order chi connectivity index (χ0) is 32.5. The normalized spacial score (nSPS) is 20.6. The highest BCUT2D eigenvalue weighted by Crippen LogP contribution is 2.43. The van der Waals surface area contributed by atoms with E-state index in [4.69, 9.17) is 9.72 Å². The van der Waals surface area contributed by atoms with Gasteiger partial charge in [-0.1, -0.05) is 31.1 Å². The van der Waals surface area contributed by atoms with Gasteiger partial charge in [-0.05, 0) is 63.6 Å². The van der Waals surface area contributed by atoms with Crippen LogP contribution in [0.15, 0.2) is 60.9 Å². The summed E-state index contributed by atoms with van der Waals surface area (Å²) >= 11 is 0. The third-order valence-corrected chi connectivity index (χ3v) is 9.92. The number of hydrogen-bond acceptors (Lipinski definition) is 9. The highest BCUT2D eigenvalue weighted by atomic mass is 16.5. The number of anilines is 5. The molecule has 246 valence electrons. The SMILES string of the molecule is CCOc1cc(C(=O)N2C=C[C@@H](N3CCN(C)CC3)CC2)ccc1Nc1ncc2c(n1)N(C1CCCC1)c1ccccc1C(=O)N2C. The van der Waals surface area contributed by atoms with Crippen LogP contribution in [0.1, 0.15) is 59.7 Å². The van der Waals surface area contributed by atoms with Crippen molar-refractivity contribution in [2.75, 3.05) is 68.5 Å². The molecule has 1 aromatic heterocycles. The van der Waals surface area contributed by atoms with Crippen molar-refractivity contribution in [1.29, 1.82) is 0 Å². The smallest absolute Gasteiger partial charge is 0.260 e. The van der Waals surface area contributed by atoms with Gasteiger partial charge in [-0.2, -0.15) is 4.98 Å². The summed E-state index contributed by atoms with van der Waals surface area (Å²) in [4.78, 5) is 47.3.